The Morgan fingerprint density at radius 2 is 2.40 bits per heavy atom. The number of halogens is 1. The zero-order valence-electron chi connectivity index (χ0n) is 2.65. The minimum atomic E-state index is 0.519. The van der Waals surface area contributed by atoms with Gasteiger partial charge in [0, 0.05) is 5.75 Å². The molecule has 0 bridgehead atoms. The van der Waals surface area contributed by atoms with Crippen LogP contribution in [-0.4, -0.2) is 12.4 Å². The van der Waals surface area contributed by atoms with Gasteiger partial charge in [0.15, 0.2) is 0 Å². The van der Waals surface area contributed by atoms with Crippen LogP contribution in [-0.2, 0) is 4.29 Å². The lowest BCUT2D eigenvalue weighted by atomic mass is 10.9. The van der Waals surface area contributed by atoms with Crippen molar-refractivity contribution in [2.45, 2.75) is 0 Å². The molecule has 0 saturated carbocycles. The summed E-state index contributed by atoms with van der Waals surface area (Å²) in [6.45, 7) is 0.519. The molecule has 3 heteroatoms. The van der Waals surface area contributed by atoms with E-state index in [4.69, 9.17) is 11.9 Å². The molecule has 0 radical (unpaired) electrons. The standard InChI is InChI=1S/C2H5ClOS/c3-4-1-2-5/h5H,1-2H2. The minimum Gasteiger partial charge on any atom is -0.278 e. The van der Waals surface area contributed by atoms with Crippen molar-refractivity contribution in [3.05, 3.63) is 0 Å². The van der Waals surface area contributed by atoms with Crippen LogP contribution >= 0.6 is 24.5 Å². The van der Waals surface area contributed by atoms with Crippen LogP contribution in [0.1, 0.15) is 0 Å². The van der Waals surface area contributed by atoms with Crippen molar-refractivity contribution < 1.29 is 4.29 Å². The Hall–Kier alpha value is 0.600. The average molecular weight is 113 g/mol. The van der Waals surface area contributed by atoms with Crippen LogP contribution < -0.4 is 0 Å². The van der Waals surface area contributed by atoms with Gasteiger partial charge in [-0.2, -0.15) is 12.6 Å². The summed E-state index contributed by atoms with van der Waals surface area (Å²) in [5, 5.41) is 0. The highest BCUT2D eigenvalue weighted by atomic mass is 35.5. The van der Waals surface area contributed by atoms with Crippen molar-refractivity contribution in [2.75, 3.05) is 12.4 Å². The first-order valence-electron chi connectivity index (χ1n) is 1.26. The van der Waals surface area contributed by atoms with Crippen LogP contribution in [0.25, 0.3) is 0 Å². The van der Waals surface area contributed by atoms with E-state index in [0.29, 0.717) is 12.4 Å². The minimum absolute atomic E-state index is 0.519. The highest BCUT2D eigenvalue weighted by Crippen LogP contribution is 1.78. The van der Waals surface area contributed by atoms with Crippen LogP contribution in [0.5, 0.6) is 0 Å². The summed E-state index contributed by atoms with van der Waals surface area (Å²) in [6, 6.07) is 0. The summed E-state index contributed by atoms with van der Waals surface area (Å²) in [4.78, 5) is 0. The van der Waals surface area contributed by atoms with Gasteiger partial charge in [0.1, 0.15) is 0 Å². The predicted molar refractivity (Wildman–Crippen MR) is 25.7 cm³/mol. The second-order valence-corrected chi connectivity index (χ2v) is 1.20. The van der Waals surface area contributed by atoms with Crippen LogP contribution in [0.4, 0.5) is 0 Å². The zero-order chi connectivity index (χ0) is 4.12. The maximum atomic E-state index is 4.75. The van der Waals surface area contributed by atoms with Crippen LogP contribution in [0.3, 0.4) is 0 Å². The van der Waals surface area contributed by atoms with Crippen molar-refractivity contribution in [3.63, 3.8) is 0 Å². The fourth-order valence-corrected chi connectivity index (χ4v) is 0.311. The molecule has 0 rings (SSSR count). The first kappa shape index (κ1) is 5.60. The molecule has 0 spiro atoms. The first-order valence-corrected chi connectivity index (χ1v) is 2.20. The molecular weight excluding hydrogens is 108 g/mol. The van der Waals surface area contributed by atoms with Crippen LogP contribution in [0, 0.1) is 0 Å². The van der Waals surface area contributed by atoms with E-state index < -0.39 is 0 Å². The van der Waals surface area contributed by atoms with Crippen LogP contribution in [0.2, 0.25) is 0 Å². The van der Waals surface area contributed by atoms with E-state index in [2.05, 4.69) is 16.9 Å². The molecule has 0 saturated heterocycles. The summed E-state index contributed by atoms with van der Waals surface area (Å²) in [6.07, 6.45) is 0. The Morgan fingerprint density at radius 1 is 1.80 bits per heavy atom. The van der Waals surface area contributed by atoms with E-state index in [0.717, 1.165) is 0 Å². The molecular formula is C2H5ClOS. The average Bonchev–Trinajstić information content (AvgIpc) is 1.41. The third-order valence-corrected chi connectivity index (χ3v) is 0.505. The highest BCUT2D eigenvalue weighted by molar-refractivity contribution is 7.80. The van der Waals surface area contributed by atoms with Gasteiger partial charge >= 0.3 is 0 Å². The van der Waals surface area contributed by atoms with Gasteiger partial charge in [-0.15, -0.1) is 0 Å². The Kier molecular flexibility index (Phi) is 5.15. The molecule has 32 valence electrons. The largest absolute Gasteiger partial charge is 0.278 e. The molecule has 0 aliphatic rings. The summed E-state index contributed by atoms with van der Waals surface area (Å²) < 4.78 is 4.09. The Balaban J connectivity index is 2.19. The SMILES string of the molecule is SCCOCl. The van der Waals surface area contributed by atoms with Crippen molar-refractivity contribution in [3.8, 4) is 0 Å². The van der Waals surface area contributed by atoms with Crippen LogP contribution in [0.15, 0.2) is 0 Å². The molecule has 5 heavy (non-hydrogen) atoms. The number of hydrogen-bond donors (Lipinski definition) is 1. The molecule has 0 N–H and O–H groups in total. The Labute approximate surface area is 41.8 Å². The number of thiol groups is 1. The van der Waals surface area contributed by atoms with Crippen molar-refractivity contribution in [1.29, 1.82) is 0 Å². The van der Waals surface area contributed by atoms with E-state index >= 15 is 0 Å². The smallest absolute Gasteiger partial charge is 0.0770 e. The van der Waals surface area contributed by atoms with Crippen molar-refractivity contribution in [1.82, 2.24) is 0 Å². The third-order valence-electron chi connectivity index (χ3n) is 0.168. The van der Waals surface area contributed by atoms with Gasteiger partial charge in [-0.25, -0.2) is 0 Å². The molecule has 0 unspecified atom stereocenters. The van der Waals surface area contributed by atoms with Gasteiger partial charge in [-0.1, -0.05) is 0 Å². The van der Waals surface area contributed by atoms with E-state index in [1.165, 1.54) is 0 Å². The van der Waals surface area contributed by atoms with Gasteiger partial charge in [-0.3, -0.25) is 4.29 Å². The molecule has 0 aromatic rings. The lowest BCUT2D eigenvalue weighted by Gasteiger charge is -1.79. The second kappa shape index (κ2) is 4.60. The first-order chi connectivity index (χ1) is 2.41. The summed E-state index contributed by atoms with van der Waals surface area (Å²) in [5.41, 5.74) is 0. The monoisotopic (exact) mass is 112 g/mol. The maximum Gasteiger partial charge on any atom is 0.0770 e. The van der Waals surface area contributed by atoms with E-state index in [-0.39, 0.29) is 0 Å². The fourth-order valence-electron chi connectivity index (χ4n) is 0.0345. The van der Waals surface area contributed by atoms with Gasteiger partial charge in [-0.05, 0) is 0 Å². The normalized spacial score (nSPS) is 8.40. The summed E-state index contributed by atoms with van der Waals surface area (Å²) in [7, 11) is 0. The van der Waals surface area contributed by atoms with Crippen molar-refractivity contribution >= 4 is 24.5 Å². The predicted octanol–water partition coefficient (Wildman–Crippen LogP) is 1.09. The molecule has 0 heterocycles. The van der Waals surface area contributed by atoms with Gasteiger partial charge in [0.25, 0.3) is 0 Å². The van der Waals surface area contributed by atoms with Gasteiger partial charge < -0.3 is 0 Å². The van der Waals surface area contributed by atoms with E-state index in [1.807, 2.05) is 0 Å². The molecule has 0 aliphatic heterocycles. The molecule has 0 aromatic carbocycles. The molecule has 0 aromatic heterocycles. The zero-order valence-corrected chi connectivity index (χ0v) is 4.30. The number of rotatable bonds is 2. The summed E-state index contributed by atoms with van der Waals surface area (Å²) in [5.74, 6) is 0.684. The lowest BCUT2D eigenvalue weighted by molar-refractivity contribution is 0.383. The summed E-state index contributed by atoms with van der Waals surface area (Å²) >= 11 is 8.54. The number of hydrogen-bond acceptors (Lipinski definition) is 2. The molecule has 1 nitrogen and oxygen atoms in total. The lowest BCUT2D eigenvalue weighted by Crippen LogP contribution is -1.80. The quantitative estimate of drug-likeness (QED) is 0.526. The van der Waals surface area contributed by atoms with Gasteiger partial charge in [0.2, 0.25) is 0 Å². The fraction of sp³-hybridized carbons (Fsp3) is 1.00. The van der Waals surface area contributed by atoms with E-state index in [1.54, 1.807) is 0 Å². The highest BCUT2D eigenvalue weighted by Gasteiger charge is 1.69. The topological polar surface area (TPSA) is 9.23 Å². The van der Waals surface area contributed by atoms with E-state index in [9.17, 15) is 0 Å². The molecule has 0 fully saturated rings. The molecule has 0 aliphatic carbocycles. The third kappa shape index (κ3) is 4.60. The maximum absolute atomic E-state index is 4.75. The molecule has 0 amide bonds. The Morgan fingerprint density at radius 3 is 2.40 bits per heavy atom. The molecule has 0 atom stereocenters. The Bertz CT molecular complexity index is 17.1. The van der Waals surface area contributed by atoms with Gasteiger partial charge in [0.05, 0.1) is 18.5 Å². The second-order valence-electron chi connectivity index (χ2n) is 0.537. The van der Waals surface area contributed by atoms with Crippen molar-refractivity contribution in [2.24, 2.45) is 0 Å².